The minimum absolute atomic E-state index is 0.299. The minimum Gasteiger partial charge on any atom is -0.457 e. The van der Waals surface area contributed by atoms with E-state index in [9.17, 15) is 4.79 Å². The van der Waals surface area contributed by atoms with Crippen LogP contribution in [-0.4, -0.2) is 25.8 Å². The van der Waals surface area contributed by atoms with Gasteiger partial charge in [0.25, 0.3) is 0 Å². The van der Waals surface area contributed by atoms with E-state index in [-0.39, 0.29) is 6.10 Å². The maximum Gasteiger partial charge on any atom is 0.338 e. The van der Waals surface area contributed by atoms with Crippen LogP contribution in [-0.2, 0) is 9.47 Å². The number of rotatable bonds is 4. The van der Waals surface area contributed by atoms with Crippen LogP contribution in [0.15, 0.2) is 18.2 Å². The molecule has 3 nitrogen and oxygen atoms in total. The highest BCUT2D eigenvalue weighted by Gasteiger charge is 2.12. The van der Waals surface area contributed by atoms with E-state index in [1.54, 1.807) is 26.2 Å². The van der Waals surface area contributed by atoms with Gasteiger partial charge in [0.15, 0.2) is 0 Å². The molecule has 1 rings (SSSR count). The van der Waals surface area contributed by atoms with Crippen molar-refractivity contribution in [2.75, 3.05) is 13.7 Å². The van der Waals surface area contributed by atoms with Gasteiger partial charge in [-0.1, -0.05) is 23.2 Å². The van der Waals surface area contributed by atoms with Gasteiger partial charge in [-0.3, -0.25) is 0 Å². The molecule has 0 aliphatic heterocycles. The topological polar surface area (TPSA) is 35.5 Å². The Labute approximate surface area is 104 Å². The second kappa shape index (κ2) is 6.09. The lowest BCUT2D eigenvalue weighted by molar-refractivity contribution is 0.0120. The van der Waals surface area contributed by atoms with Crippen LogP contribution in [0.4, 0.5) is 0 Å². The quantitative estimate of drug-likeness (QED) is 0.782. The zero-order valence-corrected chi connectivity index (χ0v) is 10.5. The van der Waals surface area contributed by atoms with Crippen molar-refractivity contribution in [2.24, 2.45) is 0 Å². The predicted octanol–water partition coefficient (Wildman–Crippen LogP) is 3.19. The molecule has 0 spiro atoms. The summed E-state index contributed by atoms with van der Waals surface area (Å²) >= 11 is 11.5. The largest absolute Gasteiger partial charge is 0.457 e. The number of esters is 1. The first-order chi connectivity index (χ1) is 7.54. The molecular weight excluding hydrogens is 251 g/mol. The van der Waals surface area contributed by atoms with Crippen LogP contribution in [0.25, 0.3) is 0 Å². The van der Waals surface area contributed by atoms with E-state index in [1.807, 2.05) is 0 Å². The number of ether oxygens (including phenoxy) is 2. The van der Waals surface area contributed by atoms with Gasteiger partial charge in [0.1, 0.15) is 6.10 Å². The molecule has 1 atom stereocenters. The third-order valence-electron chi connectivity index (χ3n) is 1.86. The summed E-state index contributed by atoms with van der Waals surface area (Å²) in [4.78, 5) is 11.6. The summed E-state index contributed by atoms with van der Waals surface area (Å²) in [6.45, 7) is 2.10. The first-order valence-corrected chi connectivity index (χ1v) is 5.45. The predicted molar refractivity (Wildman–Crippen MR) is 63.2 cm³/mol. The van der Waals surface area contributed by atoms with Crippen LogP contribution < -0.4 is 0 Å². The molecule has 0 saturated carbocycles. The number of hydrogen-bond acceptors (Lipinski definition) is 3. The Morgan fingerprint density at radius 1 is 1.38 bits per heavy atom. The first kappa shape index (κ1) is 13.3. The van der Waals surface area contributed by atoms with E-state index in [1.165, 1.54) is 6.07 Å². The molecule has 0 aliphatic rings. The van der Waals surface area contributed by atoms with Gasteiger partial charge in [0.2, 0.25) is 0 Å². The van der Waals surface area contributed by atoms with Crippen molar-refractivity contribution in [3.8, 4) is 0 Å². The van der Waals surface area contributed by atoms with Crippen LogP contribution in [0, 0.1) is 0 Å². The third kappa shape index (κ3) is 3.67. The lowest BCUT2D eigenvalue weighted by atomic mass is 10.2. The Balaban J connectivity index is 2.69. The fourth-order valence-electron chi connectivity index (χ4n) is 1.14. The molecule has 0 aliphatic carbocycles. The average molecular weight is 263 g/mol. The third-order valence-corrected chi connectivity index (χ3v) is 2.60. The lowest BCUT2D eigenvalue weighted by Gasteiger charge is -2.12. The number of methoxy groups -OCH3 is 1. The molecule has 0 saturated heterocycles. The van der Waals surface area contributed by atoms with Gasteiger partial charge in [0.05, 0.1) is 22.2 Å². The molecule has 0 N–H and O–H groups in total. The molecule has 0 bridgehead atoms. The van der Waals surface area contributed by atoms with Crippen molar-refractivity contribution in [1.82, 2.24) is 0 Å². The molecule has 1 unspecified atom stereocenters. The summed E-state index contributed by atoms with van der Waals surface area (Å²) < 4.78 is 9.96. The van der Waals surface area contributed by atoms with Crippen molar-refractivity contribution in [3.05, 3.63) is 33.8 Å². The zero-order chi connectivity index (χ0) is 12.1. The normalized spacial score (nSPS) is 12.2. The number of benzene rings is 1. The molecule has 0 aromatic heterocycles. The second-order valence-corrected chi connectivity index (χ2v) is 4.11. The van der Waals surface area contributed by atoms with Crippen molar-refractivity contribution in [1.29, 1.82) is 0 Å². The standard InChI is InChI=1S/C11H12Cl2O3/c1-7(6-15-2)16-11(14)8-3-4-9(12)10(13)5-8/h3-5,7H,6H2,1-2H3. The van der Waals surface area contributed by atoms with Gasteiger partial charge in [0, 0.05) is 7.11 Å². The Morgan fingerprint density at radius 2 is 2.06 bits per heavy atom. The number of carbonyl (C=O) groups is 1. The van der Waals surface area contributed by atoms with Gasteiger partial charge in [-0.05, 0) is 25.1 Å². The fraction of sp³-hybridized carbons (Fsp3) is 0.364. The smallest absolute Gasteiger partial charge is 0.338 e. The van der Waals surface area contributed by atoms with Crippen LogP contribution in [0.2, 0.25) is 10.0 Å². The van der Waals surface area contributed by atoms with Gasteiger partial charge < -0.3 is 9.47 Å². The zero-order valence-electron chi connectivity index (χ0n) is 9.00. The minimum atomic E-state index is -0.442. The highest BCUT2D eigenvalue weighted by atomic mass is 35.5. The van der Waals surface area contributed by atoms with Crippen LogP contribution in [0.5, 0.6) is 0 Å². The number of halogens is 2. The van der Waals surface area contributed by atoms with Gasteiger partial charge in [-0.15, -0.1) is 0 Å². The molecular formula is C11H12Cl2O3. The molecule has 16 heavy (non-hydrogen) atoms. The summed E-state index contributed by atoms with van der Waals surface area (Å²) in [5, 5.41) is 0.735. The van der Waals surface area contributed by atoms with Crippen LogP contribution in [0.3, 0.4) is 0 Å². The summed E-state index contributed by atoms with van der Waals surface area (Å²) in [6, 6.07) is 4.60. The van der Waals surface area contributed by atoms with Crippen LogP contribution in [0.1, 0.15) is 17.3 Å². The summed E-state index contributed by atoms with van der Waals surface area (Å²) in [6.07, 6.45) is -0.299. The Hall–Kier alpha value is -0.770. The first-order valence-electron chi connectivity index (χ1n) is 4.69. The monoisotopic (exact) mass is 262 g/mol. The SMILES string of the molecule is COCC(C)OC(=O)c1ccc(Cl)c(Cl)c1. The van der Waals surface area contributed by atoms with Crippen molar-refractivity contribution in [2.45, 2.75) is 13.0 Å². The lowest BCUT2D eigenvalue weighted by Crippen LogP contribution is -2.19. The molecule has 1 aromatic rings. The Morgan fingerprint density at radius 3 is 2.62 bits per heavy atom. The number of hydrogen-bond donors (Lipinski definition) is 0. The van der Waals surface area contributed by atoms with Crippen molar-refractivity contribution >= 4 is 29.2 Å². The van der Waals surface area contributed by atoms with E-state index in [0.717, 1.165) is 0 Å². The fourth-order valence-corrected chi connectivity index (χ4v) is 1.44. The molecule has 0 amide bonds. The maximum absolute atomic E-state index is 11.6. The van der Waals surface area contributed by atoms with E-state index >= 15 is 0 Å². The summed E-state index contributed by atoms with van der Waals surface area (Å²) in [7, 11) is 1.55. The van der Waals surface area contributed by atoms with Crippen LogP contribution >= 0.6 is 23.2 Å². The van der Waals surface area contributed by atoms with Crippen molar-refractivity contribution < 1.29 is 14.3 Å². The molecule has 0 radical (unpaired) electrons. The second-order valence-electron chi connectivity index (χ2n) is 3.30. The van der Waals surface area contributed by atoms with E-state index in [0.29, 0.717) is 22.2 Å². The Kier molecular flexibility index (Phi) is 5.06. The summed E-state index contributed by atoms with van der Waals surface area (Å²) in [5.74, 6) is -0.442. The van der Waals surface area contributed by atoms with Gasteiger partial charge in [-0.2, -0.15) is 0 Å². The number of carbonyl (C=O) groups excluding carboxylic acids is 1. The van der Waals surface area contributed by atoms with Crippen molar-refractivity contribution in [3.63, 3.8) is 0 Å². The molecule has 0 fully saturated rings. The highest BCUT2D eigenvalue weighted by Crippen LogP contribution is 2.23. The highest BCUT2D eigenvalue weighted by molar-refractivity contribution is 6.42. The molecule has 1 aromatic carbocycles. The maximum atomic E-state index is 11.6. The summed E-state index contributed by atoms with van der Waals surface area (Å²) in [5.41, 5.74) is 0.373. The average Bonchev–Trinajstić information content (AvgIpc) is 2.22. The van der Waals surface area contributed by atoms with E-state index in [2.05, 4.69) is 0 Å². The van der Waals surface area contributed by atoms with E-state index < -0.39 is 5.97 Å². The van der Waals surface area contributed by atoms with E-state index in [4.69, 9.17) is 32.7 Å². The van der Waals surface area contributed by atoms with Gasteiger partial charge in [-0.25, -0.2) is 4.79 Å². The molecule has 0 heterocycles. The molecule has 88 valence electrons. The molecule has 5 heteroatoms. The van der Waals surface area contributed by atoms with Gasteiger partial charge >= 0.3 is 5.97 Å². The Bertz CT molecular complexity index is 379.